The Hall–Kier alpha value is -2.88. The molecular formula is C28H23BrCl2N2O6. The molecule has 8 nitrogen and oxygen atoms in total. The Morgan fingerprint density at radius 2 is 1.74 bits per heavy atom. The van der Waals surface area contributed by atoms with E-state index in [-0.39, 0.29) is 41.4 Å². The van der Waals surface area contributed by atoms with Crippen molar-refractivity contribution < 1.29 is 29.0 Å². The molecule has 2 saturated heterocycles. The van der Waals surface area contributed by atoms with Crippen LogP contribution in [-0.4, -0.2) is 55.9 Å². The van der Waals surface area contributed by atoms with Gasteiger partial charge in [-0.3, -0.25) is 29.0 Å². The summed E-state index contributed by atoms with van der Waals surface area (Å²) in [5.41, 5.74) is 1.23. The van der Waals surface area contributed by atoms with Gasteiger partial charge in [-0.2, -0.15) is 0 Å². The molecule has 6 rings (SSSR count). The predicted molar refractivity (Wildman–Crippen MR) is 147 cm³/mol. The molecule has 2 heterocycles. The molecule has 2 aliphatic heterocycles. The van der Waals surface area contributed by atoms with Crippen LogP contribution in [0.2, 0.25) is 0 Å². The number of fused-ring (bicyclic) bond motifs is 4. The number of nitrogens with zero attached hydrogens (tertiary/aromatic N) is 2. The number of para-hydroxylation sites is 1. The number of alkyl halides is 3. The molecule has 4 amide bonds. The summed E-state index contributed by atoms with van der Waals surface area (Å²) in [6, 6.07) is 13.3. The molecular weight excluding hydrogens is 611 g/mol. The lowest BCUT2D eigenvalue weighted by atomic mass is 9.56. The van der Waals surface area contributed by atoms with E-state index in [1.807, 2.05) is 6.08 Å². The van der Waals surface area contributed by atoms with Gasteiger partial charge in [0.05, 0.1) is 30.1 Å². The molecule has 0 bridgehead atoms. The number of phenols is 1. The number of hydrogen-bond donors (Lipinski definition) is 1. The number of allylic oxidation sites excluding steroid dienone is 2. The molecule has 11 heteroatoms. The summed E-state index contributed by atoms with van der Waals surface area (Å²) in [5.74, 6) is -5.07. The Bertz CT molecular complexity index is 1470. The van der Waals surface area contributed by atoms with Gasteiger partial charge in [0.2, 0.25) is 11.8 Å². The minimum atomic E-state index is -1.98. The van der Waals surface area contributed by atoms with E-state index in [2.05, 4.69) is 15.9 Å². The first-order valence-corrected chi connectivity index (χ1v) is 14.3. The van der Waals surface area contributed by atoms with Crippen LogP contribution < -0.4 is 9.64 Å². The molecule has 4 aliphatic rings. The number of rotatable bonds is 4. The van der Waals surface area contributed by atoms with Crippen LogP contribution in [0.3, 0.4) is 0 Å². The highest BCUT2D eigenvalue weighted by atomic mass is 79.9. The SMILES string of the molecule is COc1ccc([C@H]2C3=CC[C@@H]4C(=O)N(c5ccccc5)C(=O)[C@@H]4[C@@H]3C[C@@]3(Cl)C(=O)N(CBr)C(=O)[C@@]23Cl)c(O)c1. The van der Waals surface area contributed by atoms with E-state index in [4.69, 9.17) is 27.9 Å². The van der Waals surface area contributed by atoms with Crippen molar-refractivity contribution in [2.24, 2.45) is 17.8 Å². The number of methoxy groups -OCH3 is 1. The normalized spacial score (nSPS) is 33.6. The fourth-order valence-corrected chi connectivity index (χ4v) is 8.24. The number of hydrogen-bond acceptors (Lipinski definition) is 6. The summed E-state index contributed by atoms with van der Waals surface area (Å²) in [4.78, 5) is 53.1. The highest BCUT2D eigenvalue weighted by Gasteiger charge is 2.76. The quantitative estimate of drug-likeness (QED) is 0.233. The van der Waals surface area contributed by atoms with Crippen molar-refractivity contribution >= 4 is 68.4 Å². The van der Waals surface area contributed by atoms with Crippen molar-refractivity contribution in [2.45, 2.75) is 28.5 Å². The van der Waals surface area contributed by atoms with Crippen LogP contribution in [0.25, 0.3) is 0 Å². The minimum absolute atomic E-state index is 0.117. The number of benzene rings is 2. The van der Waals surface area contributed by atoms with Crippen molar-refractivity contribution in [1.82, 2.24) is 4.90 Å². The van der Waals surface area contributed by atoms with Gasteiger partial charge in [-0.1, -0.05) is 51.8 Å². The summed E-state index contributed by atoms with van der Waals surface area (Å²) in [6.07, 6.45) is 1.95. The van der Waals surface area contributed by atoms with E-state index in [0.29, 0.717) is 17.0 Å². The molecule has 0 aromatic heterocycles. The number of phenolic OH excluding ortho intramolecular Hbond substituents is 1. The number of ether oxygens (including phenoxy) is 1. The molecule has 0 spiro atoms. The third kappa shape index (κ3) is 3.36. The molecule has 1 saturated carbocycles. The van der Waals surface area contributed by atoms with Gasteiger partial charge >= 0.3 is 0 Å². The zero-order valence-corrected chi connectivity index (χ0v) is 23.7. The van der Waals surface area contributed by atoms with Crippen LogP contribution >= 0.6 is 39.1 Å². The number of carbonyl (C=O) groups is 4. The molecule has 6 atom stereocenters. The smallest absolute Gasteiger partial charge is 0.254 e. The first kappa shape index (κ1) is 26.3. The second-order valence-corrected chi connectivity index (χ2v) is 12.0. The van der Waals surface area contributed by atoms with Crippen LogP contribution in [0.4, 0.5) is 5.69 Å². The van der Waals surface area contributed by atoms with Gasteiger partial charge in [0.1, 0.15) is 11.5 Å². The van der Waals surface area contributed by atoms with E-state index in [1.165, 1.54) is 18.1 Å². The lowest BCUT2D eigenvalue weighted by Crippen LogP contribution is -2.60. The van der Waals surface area contributed by atoms with Gasteiger partial charge in [-0.15, -0.1) is 23.2 Å². The Morgan fingerprint density at radius 3 is 2.38 bits per heavy atom. The largest absolute Gasteiger partial charge is 0.508 e. The van der Waals surface area contributed by atoms with Crippen molar-refractivity contribution in [3.63, 3.8) is 0 Å². The zero-order valence-electron chi connectivity index (χ0n) is 20.6. The van der Waals surface area contributed by atoms with Crippen molar-refractivity contribution in [1.29, 1.82) is 0 Å². The van der Waals surface area contributed by atoms with E-state index < -0.39 is 45.2 Å². The fourth-order valence-electron chi connectivity index (χ4n) is 6.82. The summed E-state index contributed by atoms with van der Waals surface area (Å²) in [6.45, 7) is 0. The third-order valence-electron chi connectivity index (χ3n) is 8.58. The number of imide groups is 2. The number of halogens is 3. The lowest BCUT2D eigenvalue weighted by molar-refractivity contribution is -0.138. The standard InChI is InChI=1S/C28H23BrCl2N2O6/c1-39-15-7-8-17(20(34)11-15)22-16-9-10-18-21(24(36)33(23(18)35)14-5-3-2-4-6-14)19(16)12-27(30)25(37)32(13-29)26(38)28(22,27)31/h2-9,11,18-19,21-22,34H,10,12-13H2,1H3/t18-,19+,21-,22+,27+,28-/m0/s1. The molecule has 2 aliphatic carbocycles. The van der Waals surface area contributed by atoms with Crippen molar-refractivity contribution in [3.05, 3.63) is 65.7 Å². The maximum atomic E-state index is 13.9. The van der Waals surface area contributed by atoms with E-state index in [0.717, 1.165) is 4.90 Å². The predicted octanol–water partition coefficient (Wildman–Crippen LogP) is 4.32. The molecule has 3 fully saturated rings. The Morgan fingerprint density at radius 1 is 1.03 bits per heavy atom. The monoisotopic (exact) mass is 632 g/mol. The van der Waals surface area contributed by atoms with Crippen LogP contribution in [0, 0.1) is 17.8 Å². The van der Waals surface area contributed by atoms with Gasteiger partial charge in [-0.25, -0.2) is 0 Å². The van der Waals surface area contributed by atoms with Gasteiger partial charge in [-0.05, 0) is 37.0 Å². The van der Waals surface area contributed by atoms with Gasteiger partial charge < -0.3 is 9.84 Å². The summed E-state index contributed by atoms with van der Waals surface area (Å²) in [7, 11) is 1.45. The highest BCUT2D eigenvalue weighted by Crippen LogP contribution is 2.66. The Labute approximate surface area is 242 Å². The average Bonchev–Trinajstić information content (AvgIpc) is 3.27. The van der Waals surface area contributed by atoms with Crippen LogP contribution in [0.1, 0.15) is 24.3 Å². The maximum Gasteiger partial charge on any atom is 0.254 e. The Balaban J connectivity index is 1.54. The second-order valence-electron chi connectivity index (χ2n) is 10.3. The van der Waals surface area contributed by atoms with Crippen LogP contribution in [-0.2, 0) is 19.2 Å². The first-order valence-electron chi connectivity index (χ1n) is 12.4. The molecule has 39 heavy (non-hydrogen) atoms. The minimum Gasteiger partial charge on any atom is -0.508 e. The van der Waals surface area contributed by atoms with E-state index in [9.17, 15) is 24.3 Å². The van der Waals surface area contributed by atoms with E-state index in [1.54, 1.807) is 42.5 Å². The summed E-state index contributed by atoms with van der Waals surface area (Å²) < 4.78 is 5.23. The van der Waals surface area contributed by atoms with Crippen LogP contribution in [0.5, 0.6) is 11.5 Å². The number of likely N-dealkylation sites (tertiary alicyclic amines) is 1. The summed E-state index contributed by atoms with van der Waals surface area (Å²) >= 11 is 17.6. The maximum absolute atomic E-state index is 13.9. The number of anilines is 1. The number of amides is 4. The molecule has 0 radical (unpaired) electrons. The first-order chi connectivity index (χ1) is 18.6. The van der Waals surface area contributed by atoms with Gasteiger partial charge in [0.15, 0.2) is 9.75 Å². The Kier molecular flexibility index (Phi) is 6.13. The average molecular weight is 634 g/mol. The van der Waals surface area contributed by atoms with Crippen LogP contribution in [0.15, 0.2) is 60.2 Å². The molecule has 0 unspecified atom stereocenters. The molecule has 1 N–H and O–H groups in total. The summed E-state index contributed by atoms with van der Waals surface area (Å²) in [5, 5.41) is 11.1. The number of aromatic hydroxyl groups is 1. The number of carbonyl (C=O) groups excluding carboxylic acids is 4. The molecule has 202 valence electrons. The zero-order chi connectivity index (χ0) is 27.9. The second kappa shape index (κ2) is 9.08. The fraction of sp³-hybridized carbons (Fsp3) is 0.357. The molecule has 2 aromatic rings. The molecule has 2 aromatic carbocycles. The van der Waals surface area contributed by atoms with E-state index >= 15 is 0 Å². The van der Waals surface area contributed by atoms with Gasteiger partial charge in [0, 0.05) is 17.5 Å². The van der Waals surface area contributed by atoms with Crippen molar-refractivity contribution in [3.8, 4) is 11.5 Å². The highest BCUT2D eigenvalue weighted by molar-refractivity contribution is 9.09. The topological polar surface area (TPSA) is 104 Å². The third-order valence-corrected chi connectivity index (χ3v) is 10.5. The van der Waals surface area contributed by atoms with Crippen molar-refractivity contribution in [2.75, 3.05) is 17.5 Å². The van der Waals surface area contributed by atoms with Gasteiger partial charge in [0.25, 0.3) is 11.8 Å². The lowest BCUT2D eigenvalue weighted by Gasteiger charge is -2.50.